The van der Waals surface area contributed by atoms with Crippen molar-refractivity contribution in [2.24, 2.45) is 0 Å². The quantitative estimate of drug-likeness (QED) is 0.763. The van der Waals surface area contributed by atoms with Gasteiger partial charge in [-0.15, -0.1) is 0 Å². The highest BCUT2D eigenvalue weighted by Crippen LogP contribution is 2.32. The van der Waals surface area contributed by atoms with Crippen molar-refractivity contribution in [2.75, 3.05) is 37.9 Å². The maximum Gasteiger partial charge on any atom is 0.270 e. The Morgan fingerprint density at radius 3 is 2.78 bits per heavy atom. The number of anilines is 1. The Labute approximate surface area is 155 Å². The topological polar surface area (TPSA) is 96.9 Å². The third-order valence-corrected chi connectivity index (χ3v) is 4.51. The minimum absolute atomic E-state index is 0.218. The Kier molecular flexibility index (Phi) is 4.73. The van der Waals surface area contributed by atoms with Gasteiger partial charge in [-0.05, 0) is 23.8 Å². The molecular weight excluding hydrogens is 350 g/mol. The summed E-state index contributed by atoms with van der Waals surface area (Å²) in [6, 6.07) is 7.14. The minimum atomic E-state index is -0.275. The lowest BCUT2D eigenvalue weighted by Gasteiger charge is -2.32. The van der Waals surface area contributed by atoms with Crippen LogP contribution in [0.5, 0.6) is 11.5 Å². The number of piperazine rings is 1. The number of fused-ring (bicyclic) bond motifs is 1. The molecule has 0 unspecified atom stereocenters. The van der Waals surface area contributed by atoms with Crippen LogP contribution in [0.25, 0.3) is 0 Å². The predicted octanol–water partition coefficient (Wildman–Crippen LogP) is 0.414. The van der Waals surface area contributed by atoms with Gasteiger partial charge in [-0.3, -0.25) is 9.59 Å². The molecular formula is C18H19N5O4. The van der Waals surface area contributed by atoms with Gasteiger partial charge in [-0.1, -0.05) is 6.07 Å². The number of aromatic nitrogens is 2. The van der Waals surface area contributed by atoms with E-state index in [1.54, 1.807) is 17.2 Å². The Morgan fingerprint density at radius 1 is 1.15 bits per heavy atom. The molecule has 1 fully saturated rings. The summed E-state index contributed by atoms with van der Waals surface area (Å²) in [7, 11) is 0. The van der Waals surface area contributed by atoms with Crippen LogP contribution in [-0.4, -0.2) is 60.2 Å². The number of amides is 2. The van der Waals surface area contributed by atoms with Crippen LogP contribution in [0.1, 0.15) is 16.1 Å². The van der Waals surface area contributed by atoms with Crippen LogP contribution in [0.3, 0.4) is 0 Å². The lowest BCUT2D eigenvalue weighted by molar-refractivity contribution is -0.118. The van der Waals surface area contributed by atoms with Gasteiger partial charge >= 0.3 is 0 Å². The Bertz CT molecular complexity index is 851. The van der Waals surface area contributed by atoms with Gasteiger partial charge in [0.2, 0.25) is 19.2 Å². The summed E-state index contributed by atoms with van der Waals surface area (Å²) < 4.78 is 10.6. The van der Waals surface area contributed by atoms with Crippen molar-refractivity contribution in [1.82, 2.24) is 20.2 Å². The number of hydrogen-bond acceptors (Lipinski definition) is 7. The summed E-state index contributed by atoms with van der Waals surface area (Å²) >= 11 is 0. The number of hydrogen-bond donors (Lipinski definition) is 1. The van der Waals surface area contributed by atoms with Crippen molar-refractivity contribution >= 4 is 18.3 Å². The molecule has 4 rings (SSSR count). The van der Waals surface area contributed by atoms with Crippen LogP contribution in [0.2, 0.25) is 0 Å². The van der Waals surface area contributed by atoms with Gasteiger partial charge in [-0.25, -0.2) is 9.97 Å². The molecule has 0 saturated carbocycles. The second-order valence-electron chi connectivity index (χ2n) is 6.24. The number of benzene rings is 1. The van der Waals surface area contributed by atoms with Gasteiger partial charge in [0.05, 0.1) is 0 Å². The van der Waals surface area contributed by atoms with Crippen molar-refractivity contribution in [3.05, 3.63) is 41.7 Å². The van der Waals surface area contributed by atoms with Crippen LogP contribution in [0.15, 0.2) is 30.5 Å². The summed E-state index contributed by atoms with van der Waals surface area (Å²) in [5.41, 5.74) is 1.21. The molecule has 0 spiro atoms. The first-order valence-corrected chi connectivity index (χ1v) is 8.67. The number of rotatable bonds is 5. The van der Waals surface area contributed by atoms with E-state index in [0.717, 1.165) is 12.0 Å². The highest BCUT2D eigenvalue weighted by Gasteiger charge is 2.19. The average Bonchev–Trinajstić information content (AvgIpc) is 3.20. The van der Waals surface area contributed by atoms with Crippen molar-refractivity contribution in [3.63, 3.8) is 0 Å². The van der Waals surface area contributed by atoms with Crippen molar-refractivity contribution < 1.29 is 19.1 Å². The summed E-state index contributed by atoms with van der Waals surface area (Å²) in [6.07, 6.45) is 2.42. The fraction of sp³-hybridized carbons (Fsp3) is 0.333. The first kappa shape index (κ1) is 17.1. The molecule has 2 aliphatic rings. The van der Waals surface area contributed by atoms with Gasteiger partial charge in [0.15, 0.2) is 11.5 Å². The number of ether oxygens (including phenoxy) is 2. The van der Waals surface area contributed by atoms with Crippen LogP contribution in [0, 0.1) is 0 Å². The maximum absolute atomic E-state index is 12.5. The van der Waals surface area contributed by atoms with Crippen molar-refractivity contribution in [3.8, 4) is 11.5 Å². The molecule has 0 radical (unpaired) electrons. The van der Waals surface area contributed by atoms with Crippen molar-refractivity contribution in [1.29, 1.82) is 0 Å². The zero-order valence-electron chi connectivity index (χ0n) is 14.6. The molecule has 0 bridgehead atoms. The smallest absolute Gasteiger partial charge is 0.270 e. The van der Waals surface area contributed by atoms with Gasteiger partial charge in [-0.2, -0.15) is 0 Å². The van der Waals surface area contributed by atoms with Crippen LogP contribution >= 0.6 is 0 Å². The summed E-state index contributed by atoms with van der Waals surface area (Å²) in [4.78, 5) is 35.6. The van der Waals surface area contributed by atoms with Crippen LogP contribution in [0.4, 0.5) is 5.95 Å². The fourth-order valence-electron chi connectivity index (χ4n) is 2.98. The molecule has 1 aromatic heterocycles. The van der Waals surface area contributed by atoms with Gasteiger partial charge < -0.3 is 24.6 Å². The predicted molar refractivity (Wildman–Crippen MR) is 95.6 cm³/mol. The van der Waals surface area contributed by atoms with E-state index in [9.17, 15) is 9.59 Å². The second-order valence-corrected chi connectivity index (χ2v) is 6.24. The second kappa shape index (κ2) is 7.48. The zero-order chi connectivity index (χ0) is 18.6. The van der Waals surface area contributed by atoms with Gasteiger partial charge in [0, 0.05) is 38.9 Å². The van der Waals surface area contributed by atoms with Gasteiger partial charge in [0.25, 0.3) is 5.91 Å². The first-order chi connectivity index (χ1) is 13.2. The normalized spacial score (nSPS) is 15.6. The van der Waals surface area contributed by atoms with E-state index in [1.165, 1.54) is 0 Å². The molecule has 27 heavy (non-hydrogen) atoms. The molecule has 1 aromatic carbocycles. The van der Waals surface area contributed by atoms with E-state index in [2.05, 4.69) is 15.3 Å². The van der Waals surface area contributed by atoms with Gasteiger partial charge in [0.1, 0.15) is 5.69 Å². The molecule has 9 nitrogen and oxygen atoms in total. The number of nitrogens with zero attached hydrogens (tertiary/aromatic N) is 4. The largest absolute Gasteiger partial charge is 0.454 e. The number of carbonyl (C=O) groups excluding carboxylic acids is 2. The van der Waals surface area contributed by atoms with Crippen molar-refractivity contribution in [2.45, 2.75) is 6.54 Å². The molecule has 9 heteroatoms. The molecule has 1 N–H and O–H groups in total. The maximum atomic E-state index is 12.5. The molecule has 140 valence electrons. The molecule has 1 saturated heterocycles. The van der Waals surface area contributed by atoms with E-state index in [-0.39, 0.29) is 12.7 Å². The Balaban J connectivity index is 1.38. The molecule has 3 heterocycles. The highest BCUT2D eigenvalue weighted by molar-refractivity contribution is 5.92. The zero-order valence-corrected chi connectivity index (χ0v) is 14.6. The number of carbonyl (C=O) groups is 2. The molecule has 0 atom stereocenters. The average molecular weight is 369 g/mol. The van der Waals surface area contributed by atoms with E-state index >= 15 is 0 Å². The highest BCUT2D eigenvalue weighted by atomic mass is 16.7. The van der Waals surface area contributed by atoms with E-state index in [0.29, 0.717) is 55.9 Å². The Hall–Kier alpha value is -3.36. The lowest BCUT2D eigenvalue weighted by Crippen LogP contribution is -2.46. The summed E-state index contributed by atoms with van der Waals surface area (Å²) in [6.45, 7) is 3.09. The van der Waals surface area contributed by atoms with E-state index in [4.69, 9.17) is 9.47 Å². The molecule has 0 aliphatic carbocycles. The minimum Gasteiger partial charge on any atom is -0.454 e. The molecule has 2 aliphatic heterocycles. The summed E-state index contributed by atoms with van der Waals surface area (Å²) in [5.74, 6) is 1.61. The Morgan fingerprint density at radius 2 is 1.96 bits per heavy atom. The first-order valence-electron chi connectivity index (χ1n) is 8.67. The fourth-order valence-corrected chi connectivity index (χ4v) is 2.98. The standard InChI is InChI=1S/C18H19N5O4/c24-11-22-5-7-23(8-6-22)18-19-4-3-14(21-18)17(25)20-10-13-1-2-15-16(9-13)27-12-26-15/h1-4,9,11H,5-8,10,12H2,(H,20,25). The molecule has 2 amide bonds. The lowest BCUT2D eigenvalue weighted by atomic mass is 10.2. The van der Waals surface area contributed by atoms with E-state index in [1.807, 2.05) is 23.1 Å². The monoisotopic (exact) mass is 369 g/mol. The third-order valence-electron chi connectivity index (χ3n) is 4.51. The van der Waals surface area contributed by atoms with E-state index < -0.39 is 0 Å². The number of nitrogens with one attached hydrogen (secondary N) is 1. The van der Waals surface area contributed by atoms with Crippen LogP contribution in [-0.2, 0) is 11.3 Å². The molecule has 2 aromatic rings. The van der Waals surface area contributed by atoms with Crippen LogP contribution < -0.4 is 19.7 Å². The summed E-state index contributed by atoms with van der Waals surface area (Å²) in [5, 5.41) is 2.85. The SMILES string of the molecule is O=CN1CCN(c2nccc(C(=O)NCc3ccc4c(c3)OCO4)n2)CC1. The third kappa shape index (κ3) is 3.76.